The van der Waals surface area contributed by atoms with Crippen molar-refractivity contribution in [1.29, 1.82) is 0 Å². The number of rotatable bonds is 6. The molecule has 0 bridgehead atoms. The van der Waals surface area contributed by atoms with Gasteiger partial charge in [0.1, 0.15) is 5.82 Å². The molecule has 0 spiro atoms. The van der Waals surface area contributed by atoms with Crippen LogP contribution in [0.5, 0.6) is 0 Å². The van der Waals surface area contributed by atoms with Crippen molar-refractivity contribution < 1.29 is 4.79 Å². The second-order valence-electron chi connectivity index (χ2n) is 5.13. The monoisotopic (exact) mass is 303 g/mol. The number of aromatic nitrogens is 1. The van der Waals surface area contributed by atoms with Crippen LogP contribution in [0.25, 0.3) is 0 Å². The summed E-state index contributed by atoms with van der Waals surface area (Å²) in [6.45, 7) is 2.18. The minimum absolute atomic E-state index is 0.0302. The molecule has 4 nitrogen and oxygen atoms in total. The summed E-state index contributed by atoms with van der Waals surface area (Å²) in [6, 6.07) is 8.17. The van der Waals surface area contributed by atoms with Gasteiger partial charge in [-0.25, -0.2) is 4.98 Å². The van der Waals surface area contributed by atoms with Crippen LogP contribution in [0.15, 0.2) is 35.8 Å². The fourth-order valence-electron chi connectivity index (χ4n) is 2.11. The fraction of sp³-hybridized carbons (Fsp3) is 0.375. The third-order valence-corrected chi connectivity index (χ3v) is 4.19. The number of nitrogens with one attached hydrogen (secondary N) is 1. The fourth-order valence-corrected chi connectivity index (χ4v) is 2.92. The van der Waals surface area contributed by atoms with Crippen molar-refractivity contribution >= 4 is 23.1 Å². The first-order valence-corrected chi connectivity index (χ1v) is 7.97. The molecule has 0 fully saturated rings. The Balaban J connectivity index is 2.09. The van der Waals surface area contributed by atoms with Gasteiger partial charge in [-0.15, -0.1) is 11.3 Å². The molecule has 2 aromatic rings. The van der Waals surface area contributed by atoms with E-state index in [9.17, 15) is 4.79 Å². The summed E-state index contributed by atoms with van der Waals surface area (Å²) in [4.78, 5) is 19.1. The quantitative estimate of drug-likeness (QED) is 0.883. The number of hydrogen-bond acceptors (Lipinski definition) is 4. The molecule has 5 heteroatoms. The summed E-state index contributed by atoms with van der Waals surface area (Å²) in [7, 11) is 3.48. The van der Waals surface area contributed by atoms with Gasteiger partial charge < -0.3 is 10.2 Å². The van der Waals surface area contributed by atoms with E-state index in [1.54, 1.807) is 36.5 Å². The summed E-state index contributed by atoms with van der Waals surface area (Å²) < 4.78 is 0. The minimum atomic E-state index is -0.0302. The lowest BCUT2D eigenvalue weighted by Crippen LogP contribution is -2.21. The Hall–Kier alpha value is -1.88. The van der Waals surface area contributed by atoms with E-state index < -0.39 is 0 Å². The van der Waals surface area contributed by atoms with Crippen LogP contribution >= 0.6 is 11.3 Å². The maximum absolute atomic E-state index is 11.8. The lowest BCUT2D eigenvalue weighted by atomic mass is 10.1. The molecule has 1 atom stereocenters. The van der Waals surface area contributed by atoms with E-state index in [1.165, 1.54) is 4.88 Å². The van der Waals surface area contributed by atoms with Crippen molar-refractivity contribution in [3.63, 3.8) is 0 Å². The number of carbonyl (C=O) groups is 1. The Kier molecular flexibility index (Phi) is 5.33. The lowest BCUT2D eigenvalue weighted by molar-refractivity contribution is 0.0827. The number of thiophene rings is 1. The van der Waals surface area contributed by atoms with Gasteiger partial charge in [0.15, 0.2) is 0 Å². The van der Waals surface area contributed by atoms with Crippen LogP contribution in [0.3, 0.4) is 0 Å². The molecule has 0 aliphatic carbocycles. The van der Waals surface area contributed by atoms with E-state index in [-0.39, 0.29) is 11.9 Å². The van der Waals surface area contributed by atoms with Crippen molar-refractivity contribution in [3.8, 4) is 0 Å². The van der Waals surface area contributed by atoms with E-state index in [0.717, 1.165) is 18.7 Å². The first-order valence-electron chi connectivity index (χ1n) is 7.09. The standard InChI is InChI=1S/C16H21N3OS/c1-4-6-13(14-7-5-10-21-14)18-15-9-8-12(11-17-15)16(20)19(2)3/h5,7-11,13H,4,6H2,1-3H3,(H,17,18). The summed E-state index contributed by atoms with van der Waals surface area (Å²) in [5.74, 6) is 0.773. The Labute approximate surface area is 129 Å². The maximum atomic E-state index is 11.8. The van der Waals surface area contributed by atoms with E-state index in [0.29, 0.717) is 5.56 Å². The molecule has 0 aliphatic rings. The van der Waals surface area contributed by atoms with Crippen molar-refractivity contribution in [1.82, 2.24) is 9.88 Å². The molecule has 112 valence electrons. The SMILES string of the molecule is CCCC(Nc1ccc(C(=O)N(C)C)cn1)c1cccs1. The topological polar surface area (TPSA) is 45.2 Å². The smallest absolute Gasteiger partial charge is 0.254 e. The van der Waals surface area contributed by atoms with Crippen molar-refractivity contribution in [2.75, 3.05) is 19.4 Å². The molecule has 0 saturated carbocycles. The predicted molar refractivity (Wildman–Crippen MR) is 87.8 cm³/mol. The molecule has 0 aliphatic heterocycles. The van der Waals surface area contributed by atoms with E-state index in [1.807, 2.05) is 12.1 Å². The average molecular weight is 303 g/mol. The highest BCUT2D eigenvalue weighted by Crippen LogP contribution is 2.26. The molecule has 2 heterocycles. The first kappa shape index (κ1) is 15.5. The number of amides is 1. The van der Waals surface area contributed by atoms with Crippen LogP contribution in [-0.4, -0.2) is 29.9 Å². The Morgan fingerprint density at radius 1 is 1.38 bits per heavy atom. The molecular weight excluding hydrogens is 282 g/mol. The van der Waals surface area contributed by atoms with Gasteiger partial charge in [0.2, 0.25) is 0 Å². The van der Waals surface area contributed by atoms with E-state index >= 15 is 0 Å². The Morgan fingerprint density at radius 3 is 2.71 bits per heavy atom. The lowest BCUT2D eigenvalue weighted by Gasteiger charge is -2.17. The molecule has 0 aromatic carbocycles. The summed E-state index contributed by atoms with van der Waals surface area (Å²) in [5, 5.41) is 5.54. The van der Waals surface area contributed by atoms with Gasteiger partial charge in [0.05, 0.1) is 11.6 Å². The number of pyridine rings is 1. The third-order valence-electron chi connectivity index (χ3n) is 3.20. The van der Waals surface area contributed by atoms with Gasteiger partial charge in [0, 0.05) is 25.2 Å². The van der Waals surface area contributed by atoms with Crippen LogP contribution < -0.4 is 5.32 Å². The van der Waals surface area contributed by atoms with Crippen molar-refractivity contribution in [3.05, 3.63) is 46.3 Å². The van der Waals surface area contributed by atoms with Gasteiger partial charge in [-0.1, -0.05) is 19.4 Å². The zero-order valence-corrected chi connectivity index (χ0v) is 13.5. The van der Waals surface area contributed by atoms with Gasteiger partial charge in [-0.2, -0.15) is 0 Å². The number of nitrogens with zero attached hydrogens (tertiary/aromatic N) is 2. The largest absolute Gasteiger partial charge is 0.362 e. The number of carbonyl (C=O) groups excluding carboxylic acids is 1. The highest BCUT2D eigenvalue weighted by Gasteiger charge is 2.13. The summed E-state index contributed by atoms with van der Waals surface area (Å²) in [5.41, 5.74) is 0.605. The highest BCUT2D eigenvalue weighted by molar-refractivity contribution is 7.10. The van der Waals surface area contributed by atoms with Crippen molar-refractivity contribution in [2.45, 2.75) is 25.8 Å². The molecule has 2 aromatic heterocycles. The van der Waals surface area contributed by atoms with Gasteiger partial charge in [0.25, 0.3) is 5.91 Å². The molecule has 1 unspecified atom stereocenters. The van der Waals surface area contributed by atoms with Gasteiger partial charge >= 0.3 is 0 Å². The maximum Gasteiger partial charge on any atom is 0.254 e. The van der Waals surface area contributed by atoms with Gasteiger partial charge in [-0.3, -0.25) is 4.79 Å². The molecule has 0 saturated heterocycles. The zero-order valence-electron chi connectivity index (χ0n) is 12.7. The Bertz CT molecular complexity index is 564. The van der Waals surface area contributed by atoms with Crippen LogP contribution in [-0.2, 0) is 0 Å². The highest BCUT2D eigenvalue weighted by atomic mass is 32.1. The van der Waals surface area contributed by atoms with Gasteiger partial charge in [-0.05, 0) is 30.0 Å². The van der Waals surface area contributed by atoms with Crippen LogP contribution in [0.4, 0.5) is 5.82 Å². The number of anilines is 1. The summed E-state index contributed by atoms with van der Waals surface area (Å²) >= 11 is 1.75. The van der Waals surface area contributed by atoms with Crippen molar-refractivity contribution in [2.24, 2.45) is 0 Å². The average Bonchev–Trinajstić information content (AvgIpc) is 3.01. The molecule has 2 rings (SSSR count). The molecule has 1 N–H and O–H groups in total. The zero-order chi connectivity index (χ0) is 15.2. The minimum Gasteiger partial charge on any atom is -0.362 e. The second-order valence-corrected chi connectivity index (χ2v) is 6.11. The Morgan fingerprint density at radius 2 is 2.19 bits per heavy atom. The molecule has 0 radical (unpaired) electrons. The normalized spacial score (nSPS) is 12.0. The van der Waals surface area contributed by atoms with E-state index in [4.69, 9.17) is 0 Å². The molecule has 1 amide bonds. The molecule has 21 heavy (non-hydrogen) atoms. The first-order chi connectivity index (χ1) is 10.1. The predicted octanol–water partition coefficient (Wildman–Crippen LogP) is 3.80. The number of hydrogen-bond donors (Lipinski definition) is 1. The van der Waals surface area contributed by atoms with Crippen LogP contribution in [0, 0.1) is 0 Å². The van der Waals surface area contributed by atoms with Crippen LogP contribution in [0.1, 0.15) is 41.0 Å². The third kappa shape index (κ3) is 4.04. The second kappa shape index (κ2) is 7.22. The summed E-state index contributed by atoms with van der Waals surface area (Å²) in [6.07, 6.45) is 3.79. The molecular formula is C16H21N3OS. The van der Waals surface area contributed by atoms with Crippen LogP contribution in [0.2, 0.25) is 0 Å². The van der Waals surface area contributed by atoms with E-state index in [2.05, 4.69) is 34.7 Å².